The lowest BCUT2D eigenvalue weighted by atomic mass is 9.80. The van der Waals surface area contributed by atoms with E-state index in [1.807, 2.05) is 36.4 Å². The van der Waals surface area contributed by atoms with Gasteiger partial charge in [0.2, 0.25) is 0 Å². The molecule has 22 heavy (non-hydrogen) atoms. The van der Waals surface area contributed by atoms with Gasteiger partial charge in [0.1, 0.15) is 5.75 Å². The molecule has 2 aromatic carbocycles. The number of fused-ring (bicyclic) bond motifs is 3. The molecule has 0 aliphatic carbocycles. The van der Waals surface area contributed by atoms with Crippen LogP contribution in [0.25, 0.3) is 0 Å². The molecule has 0 unspecified atom stereocenters. The fourth-order valence-corrected chi connectivity index (χ4v) is 3.59. The van der Waals surface area contributed by atoms with Crippen LogP contribution in [-0.4, -0.2) is 11.7 Å². The maximum atomic E-state index is 9.75. The normalized spacial score (nSPS) is 25.7. The average molecular weight is 292 g/mol. The van der Waals surface area contributed by atoms with Gasteiger partial charge in [0.15, 0.2) is 0 Å². The third-order valence-electron chi connectivity index (χ3n) is 4.59. The number of ether oxygens (including phenoxy) is 1. The molecule has 0 radical (unpaired) electrons. The summed E-state index contributed by atoms with van der Waals surface area (Å²) >= 11 is 0. The minimum atomic E-state index is 0.0110. The summed E-state index contributed by atoms with van der Waals surface area (Å²) in [5, 5.41) is 22.4. The highest BCUT2D eigenvalue weighted by molar-refractivity contribution is 5.60. The van der Waals surface area contributed by atoms with E-state index in [4.69, 9.17) is 10.00 Å². The molecular formula is C18H16N2O2. The van der Waals surface area contributed by atoms with Crippen LogP contribution >= 0.6 is 0 Å². The zero-order valence-corrected chi connectivity index (χ0v) is 12.0. The van der Waals surface area contributed by atoms with E-state index in [0.29, 0.717) is 11.5 Å². The Labute approximate surface area is 129 Å². The molecule has 4 rings (SSSR count). The van der Waals surface area contributed by atoms with Gasteiger partial charge in [-0.2, -0.15) is 5.26 Å². The van der Waals surface area contributed by atoms with Crippen LogP contribution in [-0.2, 0) is 4.74 Å². The van der Waals surface area contributed by atoms with Gasteiger partial charge in [-0.25, -0.2) is 0 Å². The van der Waals surface area contributed by atoms with Gasteiger partial charge in [-0.05, 0) is 42.3 Å². The zero-order valence-electron chi connectivity index (χ0n) is 12.0. The highest BCUT2D eigenvalue weighted by atomic mass is 16.5. The van der Waals surface area contributed by atoms with Crippen LogP contribution in [0.15, 0.2) is 42.5 Å². The molecule has 3 atom stereocenters. The summed E-state index contributed by atoms with van der Waals surface area (Å²) in [4.78, 5) is 0. The molecule has 1 saturated heterocycles. The van der Waals surface area contributed by atoms with Gasteiger partial charge in [0.05, 0.1) is 23.8 Å². The number of nitrogens with zero attached hydrogens (tertiary/aromatic N) is 1. The fraction of sp³-hybridized carbons (Fsp3) is 0.278. The van der Waals surface area contributed by atoms with Crippen LogP contribution < -0.4 is 5.32 Å². The first-order valence-corrected chi connectivity index (χ1v) is 7.47. The van der Waals surface area contributed by atoms with Gasteiger partial charge in [-0.15, -0.1) is 0 Å². The summed E-state index contributed by atoms with van der Waals surface area (Å²) < 4.78 is 5.95. The molecule has 1 fully saturated rings. The molecular weight excluding hydrogens is 276 g/mol. The average Bonchev–Trinajstić information content (AvgIpc) is 3.03. The second-order valence-corrected chi connectivity index (χ2v) is 5.87. The van der Waals surface area contributed by atoms with Crippen molar-refractivity contribution in [3.8, 4) is 11.8 Å². The summed E-state index contributed by atoms with van der Waals surface area (Å²) in [7, 11) is 0. The Kier molecular flexibility index (Phi) is 3.02. The fourth-order valence-electron chi connectivity index (χ4n) is 3.59. The number of hydrogen-bond donors (Lipinski definition) is 2. The van der Waals surface area contributed by atoms with E-state index >= 15 is 0 Å². The summed E-state index contributed by atoms with van der Waals surface area (Å²) in [5.41, 5.74) is 3.80. The summed E-state index contributed by atoms with van der Waals surface area (Å²) in [6.45, 7) is 0.725. The lowest BCUT2D eigenvalue weighted by molar-refractivity contribution is 0.0829. The molecule has 2 aromatic rings. The van der Waals surface area contributed by atoms with Gasteiger partial charge in [-0.1, -0.05) is 12.1 Å². The molecule has 4 nitrogen and oxygen atoms in total. The van der Waals surface area contributed by atoms with E-state index in [1.54, 1.807) is 6.07 Å². The minimum Gasteiger partial charge on any atom is -0.508 e. The molecule has 0 bridgehead atoms. The predicted octanol–water partition coefficient (Wildman–Crippen LogP) is 3.51. The van der Waals surface area contributed by atoms with Crippen molar-refractivity contribution in [2.24, 2.45) is 5.92 Å². The highest BCUT2D eigenvalue weighted by Crippen LogP contribution is 2.50. The Morgan fingerprint density at radius 2 is 2.14 bits per heavy atom. The lowest BCUT2D eigenvalue weighted by Crippen LogP contribution is -2.29. The first kappa shape index (κ1) is 13.2. The van der Waals surface area contributed by atoms with Crippen LogP contribution in [0.4, 0.5) is 5.69 Å². The van der Waals surface area contributed by atoms with Crippen molar-refractivity contribution >= 4 is 5.69 Å². The van der Waals surface area contributed by atoms with Crippen molar-refractivity contribution in [3.05, 3.63) is 59.2 Å². The molecule has 2 N–H and O–H groups in total. The van der Waals surface area contributed by atoms with E-state index in [1.165, 1.54) is 0 Å². The Balaban J connectivity index is 1.79. The first-order chi connectivity index (χ1) is 10.8. The Morgan fingerprint density at radius 3 is 2.95 bits per heavy atom. The number of aromatic hydroxyl groups is 1. The van der Waals surface area contributed by atoms with Crippen molar-refractivity contribution in [1.82, 2.24) is 0 Å². The van der Waals surface area contributed by atoms with E-state index < -0.39 is 0 Å². The van der Waals surface area contributed by atoms with Crippen molar-refractivity contribution < 1.29 is 9.84 Å². The van der Waals surface area contributed by atoms with Crippen molar-refractivity contribution in [3.63, 3.8) is 0 Å². The lowest BCUT2D eigenvalue weighted by Gasteiger charge is -2.36. The van der Waals surface area contributed by atoms with Crippen molar-refractivity contribution in [1.29, 1.82) is 5.26 Å². The summed E-state index contributed by atoms with van der Waals surface area (Å²) in [6.07, 6.45) is 0.977. The second kappa shape index (κ2) is 5.04. The number of phenols is 1. The molecule has 2 heterocycles. The smallest absolute Gasteiger partial charge is 0.115 e. The second-order valence-electron chi connectivity index (χ2n) is 5.87. The van der Waals surface area contributed by atoms with E-state index in [0.717, 1.165) is 29.8 Å². The number of anilines is 1. The van der Waals surface area contributed by atoms with E-state index in [2.05, 4.69) is 11.4 Å². The predicted molar refractivity (Wildman–Crippen MR) is 82.4 cm³/mol. The summed E-state index contributed by atoms with van der Waals surface area (Å²) in [5.74, 6) is 0.587. The van der Waals surface area contributed by atoms with Crippen LogP contribution in [0.3, 0.4) is 0 Å². The number of nitrogens with one attached hydrogen (secondary N) is 1. The molecule has 0 aromatic heterocycles. The topological polar surface area (TPSA) is 65.3 Å². The molecule has 2 aliphatic rings. The van der Waals surface area contributed by atoms with E-state index in [-0.39, 0.29) is 17.9 Å². The number of hydrogen-bond acceptors (Lipinski definition) is 4. The molecule has 110 valence electrons. The number of nitriles is 1. The molecule has 4 heteroatoms. The standard InChI is InChI=1S/C18H16N2O2/c19-10-11-4-5-16-15(8-11)18-14(6-7-22-18)17(20-16)12-2-1-3-13(21)9-12/h1-5,8-9,14,17-18,20-21H,6-7H2/t14-,17-,18-/m1/s1. The molecule has 2 aliphatic heterocycles. The first-order valence-electron chi connectivity index (χ1n) is 7.47. The number of phenolic OH excluding ortho intramolecular Hbond substituents is 1. The Hall–Kier alpha value is -2.51. The zero-order chi connectivity index (χ0) is 15.1. The third-order valence-corrected chi connectivity index (χ3v) is 4.59. The Morgan fingerprint density at radius 1 is 1.23 bits per heavy atom. The van der Waals surface area contributed by atoms with Gasteiger partial charge in [0.25, 0.3) is 0 Å². The monoisotopic (exact) mass is 292 g/mol. The van der Waals surface area contributed by atoms with Crippen LogP contribution in [0.5, 0.6) is 5.75 Å². The van der Waals surface area contributed by atoms with Crippen LogP contribution in [0, 0.1) is 17.2 Å². The van der Waals surface area contributed by atoms with Crippen molar-refractivity contribution in [2.45, 2.75) is 18.6 Å². The molecule has 0 spiro atoms. The quantitative estimate of drug-likeness (QED) is 0.844. The maximum absolute atomic E-state index is 9.75. The largest absolute Gasteiger partial charge is 0.508 e. The number of rotatable bonds is 1. The highest BCUT2D eigenvalue weighted by Gasteiger charge is 2.41. The summed E-state index contributed by atoms with van der Waals surface area (Å²) in [6, 6.07) is 15.4. The van der Waals surface area contributed by atoms with Gasteiger partial charge < -0.3 is 15.2 Å². The SMILES string of the molecule is N#Cc1ccc2c(c1)[C@@H]1OCC[C@@H]1[C@@H](c1cccc(O)c1)N2. The number of benzene rings is 2. The Bertz CT molecular complexity index is 766. The molecule has 0 saturated carbocycles. The van der Waals surface area contributed by atoms with E-state index in [9.17, 15) is 5.11 Å². The maximum Gasteiger partial charge on any atom is 0.115 e. The van der Waals surface area contributed by atoms with Crippen molar-refractivity contribution in [2.75, 3.05) is 11.9 Å². The molecule has 0 amide bonds. The van der Waals surface area contributed by atoms with Crippen LogP contribution in [0.2, 0.25) is 0 Å². The van der Waals surface area contributed by atoms with Gasteiger partial charge >= 0.3 is 0 Å². The van der Waals surface area contributed by atoms with Gasteiger partial charge in [-0.3, -0.25) is 0 Å². The third kappa shape index (κ3) is 2.02. The minimum absolute atomic E-state index is 0.0110. The van der Waals surface area contributed by atoms with Crippen LogP contribution in [0.1, 0.15) is 35.3 Å². The van der Waals surface area contributed by atoms with Gasteiger partial charge in [0, 0.05) is 23.8 Å².